The van der Waals surface area contributed by atoms with Crippen LogP contribution in [0.5, 0.6) is 0 Å². The summed E-state index contributed by atoms with van der Waals surface area (Å²) in [5.74, 6) is 0.851. The molecule has 0 spiro atoms. The highest BCUT2D eigenvalue weighted by Crippen LogP contribution is 2.15. The van der Waals surface area contributed by atoms with Crippen LogP contribution in [0.25, 0.3) is 0 Å². The average molecular weight is 228 g/mol. The van der Waals surface area contributed by atoms with Crippen molar-refractivity contribution < 1.29 is 13.9 Å². The molecule has 0 aromatic carbocycles. The summed E-state index contributed by atoms with van der Waals surface area (Å²) in [6, 6.07) is 0. The molecule has 0 saturated carbocycles. The lowest BCUT2D eigenvalue weighted by atomic mass is 10.4. The van der Waals surface area contributed by atoms with Gasteiger partial charge in [-0.05, 0) is 32.6 Å². The van der Waals surface area contributed by atoms with Crippen LogP contribution in [0.2, 0.25) is 19.6 Å². The molecule has 1 aliphatic heterocycles. The second-order valence-electron chi connectivity index (χ2n) is 4.39. The van der Waals surface area contributed by atoms with Crippen molar-refractivity contribution in [3.8, 4) is 0 Å². The van der Waals surface area contributed by atoms with Crippen LogP contribution in [-0.2, 0) is 13.9 Å². The summed E-state index contributed by atoms with van der Waals surface area (Å²) in [4.78, 5) is 0. The fourth-order valence-electron chi connectivity index (χ4n) is 1.25. The summed E-state index contributed by atoms with van der Waals surface area (Å²) in [6.07, 6.45) is 5.56. The van der Waals surface area contributed by atoms with Crippen LogP contribution in [0.4, 0.5) is 0 Å². The molecule has 86 valence electrons. The third-order valence-electron chi connectivity index (χ3n) is 1.70. The Hall–Kier alpha value is -0.583. The van der Waals surface area contributed by atoms with Crippen molar-refractivity contribution in [2.75, 3.05) is 13.2 Å². The Morgan fingerprint density at radius 2 is 1.87 bits per heavy atom. The molecule has 15 heavy (non-hydrogen) atoms. The van der Waals surface area contributed by atoms with Crippen LogP contribution < -0.4 is 0 Å². The third kappa shape index (κ3) is 5.16. The Labute approximate surface area is 92.8 Å². The van der Waals surface area contributed by atoms with Crippen molar-refractivity contribution in [2.45, 2.75) is 32.9 Å². The first-order valence-electron chi connectivity index (χ1n) is 5.28. The van der Waals surface area contributed by atoms with Crippen LogP contribution in [-0.4, -0.2) is 27.8 Å². The highest BCUT2D eigenvalue weighted by molar-refractivity contribution is 6.70. The van der Waals surface area contributed by atoms with Gasteiger partial charge in [0, 0.05) is 6.08 Å². The van der Waals surface area contributed by atoms with Gasteiger partial charge in [-0.1, -0.05) is 6.08 Å². The van der Waals surface area contributed by atoms with E-state index in [4.69, 9.17) is 13.9 Å². The summed E-state index contributed by atoms with van der Waals surface area (Å²) >= 11 is 0. The molecule has 4 heteroatoms. The van der Waals surface area contributed by atoms with E-state index < -0.39 is 8.32 Å². The summed E-state index contributed by atoms with van der Waals surface area (Å²) in [6.45, 7) is 9.76. The molecule has 0 amide bonds. The van der Waals surface area contributed by atoms with Crippen molar-refractivity contribution in [3.05, 3.63) is 24.0 Å². The minimum Gasteiger partial charge on any atom is -0.544 e. The fraction of sp³-hybridized carbons (Fsp3) is 0.636. The zero-order valence-electron chi connectivity index (χ0n) is 9.95. The zero-order valence-corrected chi connectivity index (χ0v) is 10.9. The standard InChI is InChI=1S/C11H20O3Si/c1-5-6-10(14-15(2,3)4)9-11-12-7-8-13-11/h5-6,9,11H,7-8H2,1-4H3/b6-5+,10-9-. The van der Waals surface area contributed by atoms with Gasteiger partial charge in [-0.3, -0.25) is 0 Å². The van der Waals surface area contributed by atoms with Gasteiger partial charge in [0.1, 0.15) is 5.76 Å². The number of allylic oxidation sites excluding steroid dienone is 2. The quantitative estimate of drug-likeness (QED) is 0.420. The molecule has 3 nitrogen and oxygen atoms in total. The van der Waals surface area contributed by atoms with E-state index in [1.54, 1.807) is 0 Å². The van der Waals surface area contributed by atoms with E-state index in [1.165, 1.54) is 0 Å². The maximum Gasteiger partial charge on any atom is 0.242 e. The molecule has 0 atom stereocenters. The number of hydrogen-bond donors (Lipinski definition) is 0. The highest BCUT2D eigenvalue weighted by Gasteiger charge is 2.19. The molecule has 0 aromatic rings. The summed E-state index contributed by atoms with van der Waals surface area (Å²) in [7, 11) is -1.56. The van der Waals surface area contributed by atoms with Crippen LogP contribution in [0.15, 0.2) is 24.0 Å². The predicted molar refractivity (Wildman–Crippen MR) is 63.0 cm³/mol. The first kappa shape index (κ1) is 12.5. The summed E-state index contributed by atoms with van der Waals surface area (Å²) in [5.41, 5.74) is 0. The number of hydrogen-bond acceptors (Lipinski definition) is 3. The lowest BCUT2D eigenvalue weighted by Crippen LogP contribution is -2.25. The molecule has 1 rings (SSSR count). The molecular weight excluding hydrogens is 208 g/mol. The topological polar surface area (TPSA) is 27.7 Å². The van der Waals surface area contributed by atoms with Gasteiger partial charge < -0.3 is 13.9 Å². The number of ether oxygens (including phenoxy) is 2. The fourth-order valence-corrected chi connectivity index (χ4v) is 2.09. The highest BCUT2D eigenvalue weighted by atomic mass is 28.4. The molecule has 0 bridgehead atoms. The van der Waals surface area contributed by atoms with Gasteiger partial charge in [-0.2, -0.15) is 0 Å². The van der Waals surface area contributed by atoms with E-state index in [1.807, 2.05) is 25.2 Å². The van der Waals surface area contributed by atoms with Gasteiger partial charge in [-0.15, -0.1) is 0 Å². The molecule has 0 aliphatic carbocycles. The molecule has 1 aliphatic rings. The molecule has 1 fully saturated rings. The van der Waals surface area contributed by atoms with Crippen LogP contribution in [0.1, 0.15) is 6.92 Å². The van der Waals surface area contributed by atoms with Gasteiger partial charge >= 0.3 is 0 Å². The molecule has 1 saturated heterocycles. The first-order chi connectivity index (χ1) is 7.01. The van der Waals surface area contributed by atoms with E-state index in [2.05, 4.69) is 19.6 Å². The van der Waals surface area contributed by atoms with Gasteiger partial charge in [0.2, 0.25) is 8.32 Å². The van der Waals surface area contributed by atoms with E-state index in [-0.39, 0.29) is 6.29 Å². The lowest BCUT2D eigenvalue weighted by molar-refractivity contribution is -0.00329. The Kier molecular flexibility index (Phi) is 4.57. The smallest absolute Gasteiger partial charge is 0.242 e. The Balaban J connectivity index is 2.63. The lowest BCUT2D eigenvalue weighted by Gasteiger charge is -2.20. The van der Waals surface area contributed by atoms with Gasteiger partial charge in [0.15, 0.2) is 6.29 Å². The van der Waals surface area contributed by atoms with Crippen molar-refractivity contribution in [1.29, 1.82) is 0 Å². The molecule has 1 heterocycles. The van der Waals surface area contributed by atoms with E-state index in [0.717, 1.165) is 5.76 Å². The van der Waals surface area contributed by atoms with Gasteiger partial charge in [0.05, 0.1) is 13.2 Å². The van der Waals surface area contributed by atoms with E-state index in [9.17, 15) is 0 Å². The van der Waals surface area contributed by atoms with Crippen molar-refractivity contribution in [3.63, 3.8) is 0 Å². The van der Waals surface area contributed by atoms with Crippen LogP contribution in [0, 0.1) is 0 Å². The van der Waals surface area contributed by atoms with Gasteiger partial charge in [-0.25, -0.2) is 0 Å². The number of rotatable bonds is 4. The minimum absolute atomic E-state index is 0.243. The largest absolute Gasteiger partial charge is 0.544 e. The molecule has 0 aromatic heterocycles. The first-order valence-corrected chi connectivity index (χ1v) is 8.69. The maximum absolute atomic E-state index is 5.89. The van der Waals surface area contributed by atoms with Crippen molar-refractivity contribution in [1.82, 2.24) is 0 Å². The Bertz CT molecular complexity index is 247. The van der Waals surface area contributed by atoms with E-state index in [0.29, 0.717) is 13.2 Å². The van der Waals surface area contributed by atoms with Crippen LogP contribution >= 0.6 is 0 Å². The molecule has 0 unspecified atom stereocenters. The second kappa shape index (κ2) is 5.49. The van der Waals surface area contributed by atoms with Crippen molar-refractivity contribution in [2.24, 2.45) is 0 Å². The third-order valence-corrected chi connectivity index (χ3v) is 2.55. The predicted octanol–water partition coefficient (Wildman–Crippen LogP) is 2.67. The van der Waals surface area contributed by atoms with Gasteiger partial charge in [0.25, 0.3) is 0 Å². The average Bonchev–Trinajstić information content (AvgIpc) is 2.54. The SMILES string of the molecule is C/C=C/C(=C/C1OCCO1)O[Si](C)(C)C. The Morgan fingerprint density at radius 3 is 2.33 bits per heavy atom. The van der Waals surface area contributed by atoms with Crippen LogP contribution in [0.3, 0.4) is 0 Å². The monoisotopic (exact) mass is 228 g/mol. The summed E-state index contributed by atoms with van der Waals surface area (Å²) < 4.78 is 16.6. The summed E-state index contributed by atoms with van der Waals surface area (Å²) in [5, 5.41) is 0. The maximum atomic E-state index is 5.89. The van der Waals surface area contributed by atoms with Crippen molar-refractivity contribution >= 4 is 8.32 Å². The molecule has 0 radical (unpaired) electrons. The second-order valence-corrected chi connectivity index (χ2v) is 8.82. The minimum atomic E-state index is -1.56. The zero-order chi connectivity index (χ0) is 11.3. The molecule has 0 N–H and O–H groups in total. The Morgan fingerprint density at radius 1 is 1.27 bits per heavy atom. The normalized spacial score (nSPS) is 20.1. The molecular formula is C11H20O3Si. The van der Waals surface area contributed by atoms with E-state index >= 15 is 0 Å².